The smallest absolute Gasteiger partial charge is 0.212 e. The number of aromatic nitrogens is 1. The average molecular weight is 316 g/mol. The molecule has 6 nitrogen and oxygen atoms in total. The Balaban J connectivity index is 1.63. The molecular weight excluding hydrogens is 296 g/mol. The molecule has 0 spiro atoms. The molecule has 1 aromatic heterocycles. The van der Waals surface area contributed by atoms with Crippen LogP contribution in [0.4, 0.5) is 0 Å². The van der Waals surface area contributed by atoms with Crippen molar-refractivity contribution in [2.45, 2.75) is 13.1 Å². The van der Waals surface area contributed by atoms with Crippen LogP contribution in [0.25, 0.3) is 0 Å². The number of rotatable bonds is 6. The summed E-state index contributed by atoms with van der Waals surface area (Å²) in [4.78, 5) is 4.19. The van der Waals surface area contributed by atoms with Gasteiger partial charge in [0.2, 0.25) is 11.6 Å². The Morgan fingerprint density at radius 1 is 1.04 bits per heavy atom. The monoisotopic (exact) mass is 316 g/mol. The molecule has 1 aromatic carbocycles. The summed E-state index contributed by atoms with van der Waals surface area (Å²) in [5.41, 5.74) is 2.17. The summed E-state index contributed by atoms with van der Waals surface area (Å²) in [6, 6.07) is 7.79. The van der Waals surface area contributed by atoms with Gasteiger partial charge < -0.3 is 24.3 Å². The van der Waals surface area contributed by atoms with Gasteiger partial charge in [-0.2, -0.15) is 0 Å². The highest BCUT2D eigenvalue weighted by molar-refractivity contribution is 5.54. The molecule has 0 amide bonds. The van der Waals surface area contributed by atoms with E-state index in [0.29, 0.717) is 43.7 Å². The molecule has 0 saturated heterocycles. The van der Waals surface area contributed by atoms with Crippen LogP contribution in [-0.4, -0.2) is 32.4 Å². The molecule has 2 aromatic rings. The lowest BCUT2D eigenvalue weighted by atomic mass is 10.1. The van der Waals surface area contributed by atoms with Crippen LogP contribution in [0.5, 0.6) is 23.1 Å². The molecule has 1 aliphatic heterocycles. The molecule has 1 N–H and O–H groups in total. The molecule has 0 bridgehead atoms. The first-order valence-electron chi connectivity index (χ1n) is 7.46. The van der Waals surface area contributed by atoms with Crippen molar-refractivity contribution in [1.29, 1.82) is 0 Å². The van der Waals surface area contributed by atoms with Crippen LogP contribution in [0, 0.1) is 0 Å². The predicted octanol–water partition coefficient (Wildman–Crippen LogP) is 2.16. The van der Waals surface area contributed by atoms with Gasteiger partial charge in [0, 0.05) is 25.4 Å². The van der Waals surface area contributed by atoms with Gasteiger partial charge in [-0.15, -0.1) is 0 Å². The largest absolute Gasteiger partial charge is 0.493 e. The molecule has 0 atom stereocenters. The van der Waals surface area contributed by atoms with Crippen LogP contribution in [0.3, 0.4) is 0 Å². The van der Waals surface area contributed by atoms with Gasteiger partial charge in [-0.3, -0.25) is 0 Å². The van der Waals surface area contributed by atoms with Crippen LogP contribution in [-0.2, 0) is 13.1 Å². The Kier molecular flexibility index (Phi) is 4.83. The summed E-state index contributed by atoms with van der Waals surface area (Å²) in [6.07, 6.45) is 1.80. The van der Waals surface area contributed by atoms with Gasteiger partial charge in [-0.25, -0.2) is 4.98 Å². The first-order valence-corrected chi connectivity index (χ1v) is 7.46. The summed E-state index contributed by atoms with van der Waals surface area (Å²) in [5, 5.41) is 3.38. The maximum absolute atomic E-state index is 5.64. The van der Waals surface area contributed by atoms with Crippen molar-refractivity contribution in [3.05, 3.63) is 41.6 Å². The minimum atomic E-state index is 0.547. The highest BCUT2D eigenvalue weighted by Gasteiger charge is 2.18. The fourth-order valence-corrected chi connectivity index (χ4v) is 2.42. The molecule has 122 valence electrons. The molecule has 0 aliphatic carbocycles. The zero-order valence-corrected chi connectivity index (χ0v) is 13.3. The van der Waals surface area contributed by atoms with Crippen molar-refractivity contribution >= 4 is 0 Å². The molecule has 1 aliphatic rings. The zero-order chi connectivity index (χ0) is 16.1. The highest BCUT2D eigenvalue weighted by atomic mass is 16.6. The Morgan fingerprint density at radius 2 is 1.87 bits per heavy atom. The van der Waals surface area contributed by atoms with E-state index in [2.05, 4.69) is 10.3 Å². The van der Waals surface area contributed by atoms with Gasteiger partial charge in [-0.1, -0.05) is 6.07 Å². The van der Waals surface area contributed by atoms with Crippen LogP contribution in [0.1, 0.15) is 11.1 Å². The quantitative estimate of drug-likeness (QED) is 0.881. The van der Waals surface area contributed by atoms with Crippen molar-refractivity contribution in [3.8, 4) is 23.1 Å². The number of nitrogens with zero attached hydrogens (tertiary/aromatic N) is 1. The van der Waals surface area contributed by atoms with Crippen LogP contribution in [0.2, 0.25) is 0 Å². The number of pyridine rings is 1. The van der Waals surface area contributed by atoms with E-state index in [1.807, 2.05) is 24.3 Å². The number of hydrogen-bond donors (Lipinski definition) is 1. The summed E-state index contributed by atoms with van der Waals surface area (Å²) in [7, 11) is 3.24. The lowest BCUT2D eigenvalue weighted by Crippen LogP contribution is -2.17. The average Bonchev–Trinajstić information content (AvgIpc) is 2.61. The molecular formula is C17H20N2O4. The Hall–Kier alpha value is -2.47. The van der Waals surface area contributed by atoms with Crippen molar-refractivity contribution in [1.82, 2.24) is 10.3 Å². The third-order valence-electron chi connectivity index (χ3n) is 3.55. The fourth-order valence-electron chi connectivity index (χ4n) is 2.42. The molecule has 2 heterocycles. The number of benzene rings is 1. The minimum Gasteiger partial charge on any atom is -0.493 e. The number of nitrogens with one attached hydrogen (secondary N) is 1. The van der Waals surface area contributed by atoms with Crippen molar-refractivity contribution in [2.24, 2.45) is 0 Å². The van der Waals surface area contributed by atoms with Gasteiger partial charge in [0.05, 0.1) is 14.2 Å². The van der Waals surface area contributed by atoms with Gasteiger partial charge in [-0.05, 0) is 23.3 Å². The number of ether oxygens (including phenoxy) is 4. The molecule has 0 fully saturated rings. The standard InChI is InChI=1S/C17H20N2O4/c1-20-14-7-13(8-15-17(14)23-6-5-22-15)10-18-9-12-3-4-16(21-2)19-11-12/h3-4,7-8,11,18H,5-6,9-10H2,1-2H3. The summed E-state index contributed by atoms with van der Waals surface area (Å²) in [5.74, 6) is 2.73. The highest BCUT2D eigenvalue weighted by Crippen LogP contribution is 2.40. The number of fused-ring (bicyclic) bond motifs is 1. The third kappa shape index (κ3) is 3.65. The lowest BCUT2D eigenvalue weighted by Gasteiger charge is -2.21. The van der Waals surface area contributed by atoms with Gasteiger partial charge in [0.25, 0.3) is 0 Å². The maximum atomic E-state index is 5.64. The Bertz CT molecular complexity index is 641. The van der Waals surface area contributed by atoms with E-state index in [9.17, 15) is 0 Å². The summed E-state index contributed by atoms with van der Waals surface area (Å²) < 4.78 is 21.7. The molecule has 0 saturated carbocycles. The predicted molar refractivity (Wildman–Crippen MR) is 85.3 cm³/mol. The van der Waals surface area contributed by atoms with E-state index in [0.717, 1.165) is 16.9 Å². The number of hydrogen-bond acceptors (Lipinski definition) is 6. The topological polar surface area (TPSA) is 61.8 Å². The van der Waals surface area contributed by atoms with E-state index in [4.69, 9.17) is 18.9 Å². The SMILES string of the molecule is COc1ccc(CNCc2cc(OC)c3c(c2)OCCO3)cn1. The third-order valence-corrected chi connectivity index (χ3v) is 3.55. The minimum absolute atomic E-state index is 0.547. The zero-order valence-electron chi connectivity index (χ0n) is 13.3. The molecule has 23 heavy (non-hydrogen) atoms. The first kappa shape index (κ1) is 15.4. The Morgan fingerprint density at radius 3 is 2.61 bits per heavy atom. The van der Waals surface area contributed by atoms with Crippen molar-refractivity contribution in [3.63, 3.8) is 0 Å². The fraction of sp³-hybridized carbons (Fsp3) is 0.353. The van der Waals surface area contributed by atoms with E-state index in [1.54, 1.807) is 20.4 Å². The maximum Gasteiger partial charge on any atom is 0.212 e. The second-order valence-electron chi connectivity index (χ2n) is 5.13. The molecule has 6 heteroatoms. The number of methoxy groups -OCH3 is 2. The van der Waals surface area contributed by atoms with Crippen LogP contribution >= 0.6 is 0 Å². The lowest BCUT2D eigenvalue weighted by molar-refractivity contribution is 0.165. The van der Waals surface area contributed by atoms with E-state index >= 15 is 0 Å². The van der Waals surface area contributed by atoms with E-state index in [-0.39, 0.29) is 0 Å². The second kappa shape index (κ2) is 7.19. The normalized spacial score (nSPS) is 12.8. The second-order valence-corrected chi connectivity index (χ2v) is 5.13. The van der Waals surface area contributed by atoms with Crippen molar-refractivity contribution < 1.29 is 18.9 Å². The molecule has 0 unspecified atom stereocenters. The first-order chi connectivity index (χ1) is 11.3. The molecule has 0 radical (unpaired) electrons. The summed E-state index contributed by atoms with van der Waals surface area (Å²) >= 11 is 0. The van der Waals surface area contributed by atoms with Gasteiger partial charge >= 0.3 is 0 Å². The van der Waals surface area contributed by atoms with E-state index in [1.165, 1.54) is 0 Å². The van der Waals surface area contributed by atoms with Gasteiger partial charge in [0.1, 0.15) is 13.2 Å². The Labute approximate surface area is 135 Å². The van der Waals surface area contributed by atoms with Crippen LogP contribution < -0.4 is 24.3 Å². The molecule has 3 rings (SSSR count). The summed E-state index contributed by atoms with van der Waals surface area (Å²) in [6.45, 7) is 2.52. The van der Waals surface area contributed by atoms with Crippen LogP contribution in [0.15, 0.2) is 30.5 Å². The van der Waals surface area contributed by atoms with Crippen molar-refractivity contribution in [2.75, 3.05) is 27.4 Å². The van der Waals surface area contributed by atoms with Gasteiger partial charge in [0.15, 0.2) is 11.5 Å². The van der Waals surface area contributed by atoms with E-state index < -0.39 is 0 Å².